The zero-order valence-electron chi connectivity index (χ0n) is 8.15. The molecule has 0 atom stereocenters. The van der Waals surface area contributed by atoms with Crippen molar-refractivity contribution in [3.05, 3.63) is 29.6 Å². The Bertz CT molecular complexity index is 465. The third-order valence-electron chi connectivity index (χ3n) is 1.45. The van der Waals surface area contributed by atoms with Crippen molar-refractivity contribution in [2.45, 2.75) is 6.92 Å². The second kappa shape index (κ2) is 5.85. The molecule has 0 radical (unpaired) electrons. The van der Waals surface area contributed by atoms with E-state index in [4.69, 9.17) is 5.26 Å². The van der Waals surface area contributed by atoms with Crippen LogP contribution in [0.25, 0.3) is 0 Å². The molecule has 0 amide bonds. The molecule has 4 heteroatoms. The maximum absolute atomic E-state index is 10.6. The van der Waals surface area contributed by atoms with E-state index in [1.54, 1.807) is 18.3 Å². The van der Waals surface area contributed by atoms with Gasteiger partial charge in [0.05, 0.1) is 5.75 Å². The monoisotopic (exact) mass is 216 g/mol. The molecule has 15 heavy (non-hydrogen) atoms. The standard InChI is InChI=1S/C11H8N2OS/c1-9(14)15-6-2-3-10-4-5-13-11(7-10)8-12/h4-5,7H,6H2,1H3. The highest BCUT2D eigenvalue weighted by Gasteiger charge is 1.92. The molecular formula is C11H8N2OS. The van der Waals surface area contributed by atoms with Crippen LogP contribution < -0.4 is 0 Å². The molecule has 0 saturated heterocycles. The minimum Gasteiger partial charge on any atom is -0.288 e. The van der Waals surface area contributed by atoms with Gasteiger partial charge in [-0.25, -0.2) is 4.98 Å². The summed E-state index contributed by atoms with van der Waals surface area (Å²) in [6, 6.07) is 5.28. The molecule has 0 bridgehead atoms. The van der Waals surface area contributed by atoms with Crippen molar-refractivity contribution in [3.63, 3.8) is 0 Å². The lowest BCUT2D eigenvalue weighted by Gasteiger charge is -1.89. The molecule has 0 unspecified atom stereocenters. The summed E-state index contributed by atoms with van der Waals surface area (Å²) < 4.78 is 0. The number of pyridine rings is 1. The number of rotatable bonds is 1. The molecule has 1 heterocycles. The number of nitriles is 1. The van der Waals surface area contributed by atoms with Gasteiger partial charge in [0.15, 0.2) is 5.12 Å². The summed E-state index contributed by atoms with van der Waals surface area (Å²) in [6.45, 7) is 1.51. The van der Waals surface area contributed by atoms with Crippen LogP contribution in [-0.4, -0.2) is 15.9 Å². The third kappa shape index (κ3) is 4.30. The fourth-order valence-corrected chi connectivity index (χ4v) is 1.19. The van der Waals surface area contributed by atoms with Crippen LogP contribution in [0.1, 0.15) is 18.2 Å². The highest BCUT2D eigenvalue weighted by molar-refractivity contribution is 8.13. The SMILES string of the molecule is CC(=O)SCC#Cc1ccnc(C#N)c1. The first-order chi connectivity index (χ1) is 7.22. The third-order valence-corrected chi connectivity index (χ3v) is 2.15. The zero-order valence-corrected chi connectivity index (χ0v) is 8.97. The van der Waals surface area contributed by atoms with Crippen LogP contribution in [0.4, 0.5) is 0 Å². The molecular weight excluding hydrogens is 208 g/mol. The number of carbonyl (C=O) groups is 1. The van der Waals surface area contributed by atoms with E-state index < -0.39 is 0 Å². The summed E-state index contributed by atoms with van der Waals surface area (Å²) in [7, 11) is 0. The number of nitrogens with zero attached hydrogens (tertiary/aromatic N) is 2. The summed E-state index contributed by atoms with van der Waals surface area (Å²) in [6.07, 6.45) is 1.54. The predicted octanol–water partition coefficient (Wildman–Crippen LogP) is 1.58. The van der Waals surface area contributed by atoms with Crippen molar-refractivity contribution in [2.75, 3.05) is 5.75 Å². The second-order valence-electron chi connectivity index (χ2n) is 2.62. The van der Waals surface area contributed by atoms with Crippen LogP contribution in [0.2, 0.25) is 0 Å². The minimum atomic E-state index is 0.0525. The first-order valence-corrected chi connectivity index (χ1v) is 5.19. The Morgan fingerprint density at radius 1 is 1.67 bits per heavy atom. The lowest BCUT2D eigenvalue weighted by molar-refractivity contribution is -0.109. The Morgan fingerprint density at radius 3 is 3.13 bits per heavy atom. The van der Waals surface area contributed by atoms with Gasteiger partial charge in [-0.15, -0.1) is 0 Å². The summed E-state index contributed by atoms with van der Waals surface area (Å²) in [5, 5.41) is 8.65. The van der Waals surface area contributed by atoms with Crippen LogP contribution in [0.15, 0.2) is 18.3 Å². The van der Waals surface area contributed by atoms with Crippen molar-refractivity contribution in [1.82, 2.24) is 4.98 Å². The van der Waals surface area contributed by atoms with E-state index in [0.29, 0.717) is 11.4 Å². The number of aromatic nitrogens is 1. The van der Waals surface area contributed by atoms with Crippen molar-refractivity contribution >= 4 is 16.9 Å². The molecule has 0 N–H and O–H groups in total. The summed E-state index contributed by atoms with van der Waals surface area (Å²) in [4.78, 5) is 14.4. The first-order valence-electron chi connectivity index (χ1n) is 4.21. The Morgan fingerprint density at radius 2 is 2.47 bits per heavy atom. The van der Waals surface area contributed by atoms with Crippen LogP contribution in [-0.2, 0) is 4.79 Å². The van der Waals surface area contributed by atoms with Gasteiger partial charge >= 0.3 is 0 Å². The van der Waals surface area contributed by atoms with E-state index in [1.807, 2.05) is 6.07 Å². The maximum atomic E-state index is 10.6. The molecule has 0 aliphatic heterocycles. The fourth-order valence-electron chi connectivity index (χ4n) is 0.845. The highest BCUT2D eigenvalue weighted by Crippen LogP contribution is 2.01. The molecule has 3 nitrogen and oxygen atoms in total. The van der Waals surface area contributed by atoms with E-state index in [-0.39, 0.29) is 5.12 Å². The number of hydrogen-bond acceptors (Lipinski definition) is 4. The van der Waals surface area contributed by atoms with Crippen molar-refractivity contribution in [1.29, 1.82) is 5.26 Å². The van der Waals surface area contributed by atoms with Crippen LogP contribution in [0.5, 0.6) is 0 Å². The van der Waals surface area contributed by atoms with Gasteiger partial charge in [-0.1, -0.05) is 23.6 Å². The highest BCUT2D eigenvalue weighted by atomic mass is 32.2. The lowest BCUT2D eigenvalue weighted by Crippen LogP contribution is -1.84. The average molecular weight is 216 g/mol. The van der Waals surface area contributed by atoms with Gasteiger partial charge in [-0.3, -0.25) is 4.79 Å². The van der Waals surface area contributed by atoms with E-state index in [2.05, 4.69) is 16.8 Å². The number of carbonyl (C=O) groups excluding carboxylic acids is 1. The molecule has 0 spiro atoms. The van der Waals surface area contributed by atoms with Gasteiger partial charge in [0.2, 0.25) is 0 Å². The summed E-state index contributed by atoms with van der Waals surface area (Å²) >= 11 is 1.17. The first kappa shape index (κ1) is 11.3. The van der Waals surface area contributed by atoms with Gasteiger partial charge in [-0.2, -0.15) is 5.26 Å². The minimum absolute atomic E-state index is 0.0525. The van der Waals surface area contributed by atoms with E-state index in [1.165, 1.54) is 18.7 Å². The number of hydrogen-bond donors (Lipinski definition) is 0. The van der Waals surface area contributed by atoms with Crippen molar-refractivity contribution in [2.24, 2.45) is 0 Å². The van der Waals surface area contributed by atoms with Crippen LogP contribution in [0, 0.1) is 23.2 Å². The van der Waals surface area contributed by atoms with Gasteiger partial charge in [-0.05, 0) is 12.1 Å². The largest absolute Gasteiger partial charge is 0.288 e. The number of thioether (sulfide) groups is 1. The van der Waals surface area contributed by atoms with E-state index in [9.17, 15) is 4.79 Å². The predicted molar refractivity (Wildman–Crippen MR) is 59.0 cm³/mol. The van der Waals surface area contributed by atoms with Crippen molar-refractivity contribution < 1.29 is 4.79 Å². The normalized spacial score (nSPS) is 8.53. The summed E-state index contributed by atoms with van der Waals surface area (Å²) in [5.74, 6) is 6.17. The van der Waals surface area contributed by atoms with Gasteiger partial charge < -0.3 is 0 Å². The molecule has 1 rings (SSSR count). The van der Waals surface area contributed by atoms with Gasteiger partial charge in [0.25, 0.3) is 0 Å². The molecule has 0 aliphatic carbocycles. The maximum Gasteiger partial charge on any atom is 0.186 e. The fraction of sp³-hybridized carbons (Fsp3) is 0.182. The van der Waals surface area contributed by atoms with Crippen LogP contribution in [0.3, 0.4) is 0 Å². The molecule has 74 valence electrons. The zero-order chi connectivity index (χ0) is 11.1. The Hall–Kier alpha value is -1.78. The van der Waals surface area contributed by atoms with Crippen molar-refractivity contribution in [3.8, 4) is 17.9 Å². The molecule has 0 saturated carbocycles. The van der Waals surface area contributed by atoms with E-state index >= 15 is 0 Å². The summed E-state index contributed by atoms with van der Waals surface area (Å²) in [5.41, 5.74) is 1.09. The second-order valence-corrected chi connectivity index (χ2v) is 3.78. The Kier molecular flexibility index (Phi) is 4.40. The molecule has 0 aliphatic rings. The Labute approximate surface area is 92.5 Å². The molecule has 1 aromatic heterocycles. The lowest BCUT2D eigenvalue weighted by atomic mass is 10.2. The van der Waals surface area contributed by atoms with Crippen LogP contribution >= 0.6 is 11.8 Å². The van der Waals surface area contributed by atoms with E-state index in [0.717, 1.165) is 5.56 Å². The molecule has 1 aromatic rings. The Balaban J connectivity index is 2.64. The average Bonchev–Trinajstić information content (AvgIpc) is 2.24. The molecule has 0 fully saturated rings. The smallest absolute Gasteiger partial charge is 0.186 e. The quantitative estimate of drug-likeness (QED) is 0.669. The van der Waals surface area contributed by atoms with Gasteiger partial charge in [0.1, 0.15) is 11.8 Å². The topological polar surface area (TPSA) is 53.8 Å². The molecule has 0 aromatic carbocycles. The van der Waals surface area contributed by atoms with Gasteiger partial charge in [0, 0.05) is 18.7 Å².